The van der Waals surface area contributed by atoms with Gasteiger partial charge in [-0.3, -0.25) is 9.59 Å². The van der Waals surface area contributed by atoms with Crippen molar-refractivity contribution < 1.29 is 9.59 Å². The summed E-state index contributed by atoms with van der Waals surface area (Å²) in [5, 5.41) is 4.39. The third kappa shape index (κ3) is 3.09. The van der Waals surface area contributed by atoms with Gasteiger partial charge < -0.3 is 10.3 Å². The van der Waals surface area contributed by atoms with Crippen molar-refractivity contribution in [2.75, 3.05) is 5.32 Å². The molecule has 0 saturated heterocycles. The lowest BCUT2D eigenvalue weighted by molar-refractivity contribution is -0.112. The van der Waals surface area contributed by atoms with E-state index in [-0.39, 0.29) is 0 Å². The van der Waals surface area contributed by atoms with Gasteiger partial charge in [-0.1, -0.05) is 29.3 Å². The number of nitrogens with one attached hydrogen (secondary N) is 2. The van der Waals surface area contributed by atoms with Crippen LogP contribution in [0, 0.1) is 6.92 Å². The number of aryl methyl sites for hydroxylation is 1. The van der Waals surface area contributed by atoms with Gasteiger partial charge in [-0.25, -0.2) is 0 Å². The fourth-order valence-corrected chi connectivity index (χ4v) is 2.75. The number of hydrogen-bond donors (Lipinski definition) is 2. The van der Waals surface area contributed by atoms with Crippen molar-refractivity contribution in [2.24, 2.45) is 0 Å². The Morgan fingerprint density at radius 2 is 1.74 bits per heavy atom. The molecular weight excluding hydrogens is 335 g/mol. The number of benzene rings is 2. The van der Waals surface area contributed by atoms with Gasteiger partial charge in [-0.05, 0) is 42.8 Å². The zero-order valence-electron chi connectivity index (χ0n) is 12.1. The lowest BCUT2D eigenvalue weighted by atomic mass is 10.1. The summed E-state index contributed by atoms with van der Waals surface area (Å²) >= 11 is 11.8. The Hall–Kier alpha value is -2.30. The van der Waals surface area contributed by atoms with Crippen molar-refractivity contribution in [1.29, 1.82) is 0 Å². The highest BCUT2D eigenvalue weighted by molar-refractivity contribution is 6.48. The first-order chi connectivity index (χ1) is 11.0. The predicted molar refractivity (Wildman–Crippen MR) is 92.5 cm³/mol. The summed E-state index contributed by atoms with van der Waals surface area (Å²) in [4.78, 5) is 27.6. The van der Waals surface area contributed by atoms with E-state index < -0.39 is 11.7 Å². The summed E-state index contributed by atoms with van der Waals surface area (Å²) in [6, 6.07) is 10.1. The Balaban J connectivity index is 1.88. The minimum Gasteiger partial charge on any atom is -0.360 e. The third-order valence-corrected chi connectivity index (χ3v) is 4.00. The average Bonchev–Trinajstić information content (AvgIpc) is 2.92. The van der Waals surface area contributed by atoms with Crippen LogP contribution >= 0.6 is 23.2 Å². The lowest BCUT2D eigenvalue weighted by Crippen LogP contribution is -2.23. The molecule has 0 spiro atoms. The monoisotopic (exact) mass is 346 g/mol. The van der Waals surface area contributed by atoms with Crippen LogP contribution in [0.15, 0.2) is 42.6 Å². The van der Waals surface area contributed by atoms with Crippen molar-refractivity contribution in [3.8, 4) is 0 Å². The van der Waals surface area contributed by atoms with E-state index in [1.807, 2.05) is 0 Å². The largest absolute Gasteiger partial charge is 0.360 e. The standard InChI is InChI=1S/C17H12Cl2N2O2/c1-9-6-10(18)3-5-14(9)21-17(23)16(22)13-8-20-15-7-11(19)2-4-12(13)15/h2-8,20H,1H3,(H,21,23). The zero-order chi connectivity index (χ0) is 16.6. The molecule has 2 aromatic carbocycles. The van der Waals surface area contributed by atoms with Gasteiger partial charge in [0.2, 0.25) is 0 Å². The Labute approximate surface area is 142 Å². The van der Waals surface area contributed by atoms with Crippen LogP contribution in [0.3, 0.4) is 0 Å². The van der Waals surface area contributed by atoms with E-state index in [0.717, 1.165) is 5.56 Å². The second kappa shape index (κ2) is 6.07. The van der Waals surface area contributed by atoms with Crippen molar-refractivity contribution in [3.63, 3.8) is 0 Å². The normalized spacial score (nSPS) is 10.7. The number of rotatable bonds is 3. The Morgan fingerprint density at radius 1 is 1.04 bits per heavy atom. The molecule has 116 valence electrons. The number of amides is 1. The van der Waals surface area contributed by atoms with Crippen LogP contribution in [0.5, 0.6) is 0 Å². The number of aromatic nitrogens is 1. The molecule has 0 aliphatic carbocycles. The first-order valence-corrected chi connectivity index (χ1v) is 7.60. The summed E-state index contributed by atoms with van der Waals surface area (Å²) < 4.78 is 0. The molecule has 23 heavy (non-hydrogen) atoms. The number of carbonyl (C=O) groups excluding carboxylic acids is 2. The number of aromatic amines is 1. The van der Waals surface area contributed by atoms with Crippen LogP contribution in [0.25, 0.3) is 10.9 Å². The number of Topliss-reactive ketones (excluding diaryl/α,β-unsaturated/α-hetero) is 1. The van der Waals surface area contributed by atoms with Crippen molar-refractivity contribution in [1.82, 2.24) is 4.98 Å². The molecule has 0 aliphatic heterocycles. The van der Waals surface area contributed by atoms with E-state index in [0.29, 0.717) is 32.2 Å². The number of anilines is 1. The molecule has 0 bridgehead atoms. The summed E-state index contributed by atoms with van der Waals surface area (Å²) in [5.41, 5.74) is 2.34. The molecule has 1 amide bonds. The fourth-order valence-electron chi connectivity index (χ4n) is 2.36. The number of carbonyl (C=O) groups is 2. The van der Waals surface area contributed by atoms with Crippen LogP contribution in [0.2, 0.25) is 10.0 Å². The summed E-state index contributed by atoms with van der Waals surface area (Å²) in [6.45, 7) is 1.81. The minimum atomic E-state index is -0.703. The first kappa shape index (κ1) is 15.6. The van der Waals surface area contributed by atoms with E-state index in [9.17, 15) is 9.59 Å². The maximum atomic E-state index is 12.4. The molecule has 1 aromatic heterocycles. The Morgan fingerprint density at radius 3 is 2.48 bits per heavy atom. The highest BCUT2D eigenvalue weighted by atomic mass is 35.5. The van der Waals surface area contributed by atoms with Gasteiger partial charge in [0.25, 0.3) is 11.7 Å². The van der Waals surface area contributed by atoms with Gasteiger partial charge in [0.05, 0.1) is 5.56 Å². The van der Waals surface area contributed by atoms with Crippen LogP contribution in [-0.2, 0) is 4.79 Å². The van der Waals surface area contributed by atoms with E-state index in [1.54, 1.807) is 43.3 Å². The number of H-pyrrole nitrogens is 1. The van der Waals surface area contributed by atoms with Gasteiger partial charge >= 0.3 is 0 Å². The molecule has 0 saturated carbocycles. The zero-order valence-corrected chi connectivity index (χ0v) is 13.6. The molecule has 3 aromatic rings. The van der Waals surface area contributed by atoms with Gasteiger partial charge in [-0.15, -0.1) is 0 Å². The molecule has 1 heterocycles. The van der Waals surface area contributed by atoms with E-state index in [4.69, 9.17) is 23.2 Å². The van der Waals surface area contributed by atoms with E-state index in [2.05, 4.69) is 10.3 Å². The van der Waals surface area contributed by atoms with Crippen LogP contribution in [0.4, 0.5) is 5.69 Å². The molecule has 3 rings (SSSR count). The number of fused-ring (bicyclic) bond motifs is 1. The highest BCUT2D eigenvalue weighted by Crippen LogP contribution is 2.24. The fraction of sp³-hybridized carbons (Fsp3) is 0.0588. The molecule has 0 fully saturated rings. The van der Waals surface area contributed by atoms with Crippen molar-refractivity contribution in [2.45, 2.75) is 6.92 Å². The van der Waals surface area contributed by atoms with Gasteiger partial charge in [0.15, 0.2) is 0 Å². The third-order valence-electron chi connectivity index (χ3n) is 3.53. The van der Waals surface area contributed by atoms with Gasteiger partial charge in [0.1, 0.15) is 0 Å². The van der Waals surface area contributed by atoms with Crippen LogP contribution < -0.4 is 5.32 Å². The Bertz CT molecular complexity index is 931. The molecule has 0 aliphatic rings. The second-order valence-electron chi connectivity index (χ2n) is 5.13. The van der Waals surface area contributed by atoms with Crippen LogP contribution in [0.1, 0.15) is 15.9 Å². The minimum absolute atomic E-state index is 0.306. The molecule has 4 nitrogen and oxygen atoms in total. The van der Waals surface area contributed by atoms with E-state index >= 15 is 0 Å². The van der Waals surface area contributed by atoms with E-state index in [1.165, 1.54) is 6.20 Å². The van der Waals surface area contributed by atoms with Gasteiger partial charge in [0, 0.05) is 32.8 Å². The highest BCUT2D eigenvalue weighted by Gasteiger charge is 2.20. The van der Waals surface area contributed by atoms with Gasteiger partial charge in [-0.2, -0.15) is 0 Å². The smallest absolute Gasteiger partial charge is 0.296 e. The van der Waals surface area contributed by atoms with Crippen molar-refractivity contribution >= 4 is 51.5 Å². The Kier molecular flexibility index (Phi) is 4.11. The molecule has 0 atom stereocenters. The summed E-state index contributed by atoms with van der Waals surface area (Å²) in [5.74, 6) is -1.32. The predicted octanol–water partition coefficient (Wildman–Crippen LogP) is 4.60. The molecule has 0 unspecified atom stereocenters. The quantitative estimate of drug-likeness (QED) is 0.537. The topological polar surface area (TPSA) is 62.0 Å². The maximum Gasteiger partial charge on any atom is 0.296 e. The SMILES string of the molecule is Cc1cc(Cl)ccc1NC(=O)C(=O)c1c[nH]c2cc(Cl)ccc12. The maximum absolute atomic E-state index is 12.4. The number of halogens is 2. The van der Waals surface area contributed by atoms with Crippen molar-refractivity contribution in [3.05, 3.63) is 63.8 Å². The summed E-state index contributed by atoms with van der Waals surface area (Å²) in [6.07, 6.45) is 1.51. The van der Waals surface area contributed by atoms with Crippen LogP contribution in [-0.4, -0.2) is 16.7 Å². The summed E-state index contributed by atoms with van der Waals surface area (Å²) in [7, 11) is 0. The number of hydrogen-bond acceptors (Lipinski definition) is 2. The molecular formula is C17H12Cl2N2O2. The number of ketones is 1. The first-order valence-electron chi connectivity index (χ1n) is 6.84. The molecule has 6 heteroatoms. The lowest BCUT2D eigenvalue weighted by Gasteiger charge is -2.07. The molecule has 0 radical (unpaired) electrons. The average molecular weight is 347 g/mol. The molecule has 2 N–H and O–H groups in total. The second-order valence-corrected chi connectivity index (χ2v) is 6.01.